The molecular weight excluding hydrogens is 462 g/mol. The van der Waals surface area contributed by atoms with E-state index in [9.17, 15) is 14.4 Å². The van der Waals surface area contributed by atoms with E-state index in [1.54, 1.807) is 29.6 Å². The Morgan fingerprint density at radius 1 is 1.06 bits per heavy atom. The molecule has 0 aliphatic rings. The van der Waals surface area contributed by atoms with Crippen LogP contribution >= 0.6 is 22.9 Å². The second kappa shape index (κ2) is 10.1. The predicted molar refractivity (Wildman–Crippen MR) is 130 cm³/mol. The van der Waals surface area contributed by atoms with Crippen molar-refractivity contribution in [1.82, 2.24) is 14.5 Å². The lowest BCUT2D eigenvalue weighted by Gasteiger charge is -2.13. The van der Waals surface area contributed by atoms with Crippen molar-refractivity contribution in [3.05, 3.63) is 97.0 Å². The third kappa shape index (κ3) is 5.18. The number of carbonyl (C=O) groups excluding carboxylic acids is 1. The van der Waals surface area contributed by atoms with Crippen LogP contribution in [0.25, 0.3) is 10.2 Å². The average Bonchev–Trinajstić information content (AvgIpc) is 3.30. The molecule has 2 heterocycles. The van der Waals surface area contributed by atoms with Crippen LogP contribution in [0.2, 0.25) is 5.02 Å². The van der Waals surface area contributed by atoms with Crippen molar-refractivity contribution in [3.8, 4) is 5.75 Å². The normalized spacial score (nSPS) is 11.0. The smallest absolute Gasteiger partial charge is 0.332 e. The van der Waals surface area contributed by atoms with Gasteiger partial charge in [0.15, 0.2) is 0 Å². The van der Waals surface area contributed by atoms with Crippen LogP contribution in [0.4, 0.5) is 0 Å². The number of hydrogen-bond acceptors (Lipinski definition) is 5. The summed E-state index contributed by atoms with van der Waals surface area (Å²) in [6, 6.07) is 16.1. The van der Waals surface area contributed by atoms with Crippen LogP contribution in [-0.2, 0) is 24.4 Å². The Labute approximate surface area is 198 Å². The Bertz CT molecular complexity index is 1410. The molecule has 0 aliphatic heterocycles. The van der Waals surface area contributed by atoms with Crippen molar-refractivity contribution < 1.29 is 9.53 Å². The number of carbonyl (C=O) groups is 1. The second-order valence-corrected chi connectivity index (χ2v) is 8.73. The first kappa shape index (κ1) is 22.8. The first-order chi connectivity index (χ1) is 16.0. The van der Waals surface area contributed by atoms with Gasteiger partial charge < -0.3 is 10.1 Å². The van der Waals surface area contributed by atoms with Crippen LogP contribution in [0, 0.1) is 0 Å². The van der Waals surface area contributed by atoms with E-state index >= 15 is 0 Å². The number of benzene rings is 2. The standard InChI is InChI=1S/C24H22ClN3O4S/c1-2-32-19-5-3-4-17(12-19)14-28-23(30)22-20(10-11-33-22)27(24(28)31)15-21(29)26-13-16-6-8-18(25)9-7-16/h3-12H,2,13-15H2,1H3,(H,26,29). The molecule has 1 N–H and O–H groups in total. The summed E-state index contributed by atoms with van der Waals surface area (Å²) in [6.07, 6.45) is 0. The molecule has 2 aromatic heterocycles. The Balaban J connectivity index is 1.61. The van der Waals surface area contributed by atoms with E-state index in [0.717, 1.165) is 15.7 Å². The van der Waals surface area contributed by atoms with Gasteiger partial charge in [-0.3, -0.25) is 18.7 Å². The molecule has 170 valence electrons. The van der Waals surface area contributed by atoms with Gasteiger partial charge in [-0.2, -0.15) is 0 Å². The molecule has 1 amide bonds. The maximum absolute atomic E-state index is 13.3. The summed E-state index contributed by atoms with van der Waals surface area (Å²) in [5, 5.41) is 5.17. The number of aromatic nitrogens is 2. The molecule has 7 nitrogen and oxygen atoms in total. The molecule has 9 heteroatoms. The van der Waals surface area contributed by atoms with Crippen LogP contribution in [0.5, 0.6) is 5.75 Å². The predicted octanol–water partition coefficient (Wildman–Crippen LogP) is 3.64. The molecule has 0 bridgehead atoms. The molecule has 0 fully saturated rings. The van der Waals surface area contributed by atoms with Gasteiger partial charge in [0.05, 0.1) is 18.7 Å². The summed E-state index contributed by atoms with van der Waals surface area (Å²) < 4.78 is 8.46. The maximum atomic E-state index is 13.3. The number of rotatable bonds is 8. The highest BCUT2D eigenvalue weighted by Gasteiger charge is 2.17. The molecule has 0 unspecified atom stereocenters. The molecule has 0 aliphatic carbocycles. The fourth-order valence-electron chi connectivity index (χ4n) is 3.51. The quantitative estimate of drug-likeness (QED) is 0.415. The van der Waals surface area contributed by atoms with Gasteiger partial charge in [-0.05, 0) is 53.8 Å². The van der Waals surface area contributed by atoms with Crippen LogP contribution in [-0.4, -0.2) is 21.6 Å². The number of thiophene rings is 1. The van der Waals surface area contributed by atoms with Crippen LogP contribution < -0.4 is 21.3 Å². The van der Waals surface area contributed by atoms with Crippen molar-refractivity contribution in [2.45, 2.75) is 26.6 Å². The molecule has 4 rings (SSSR count). The number of fused-ring (bicyclic) bond motifs is 1. The van der Waals surface area contributed by atoms with Gasteiger partial charge >= 0.3 is 5.69 Å². The zero-order valence-corrected chi connectivity index (χ0v) is 19.5. The van der Waals surface area contributed by atoms with Crippen molar-refractivity contribution in [1.29, 1.82) is 0 Å². The molecule has 2 aromatic carbocycles. The molecule has 0 spiro atoms. The SMILES string of the molecule is CCOc1cccc(Cn2c(=O)c3sccc3n(CC(=O)NCc3ccc(Cl)cc3)c2=O)c1. The summed E-state index contributed by atoms with van der Waals surface area (Å²) in [5.41, 5.74) is 1.20. The summed E-state index contributed by atoms with van der Waals surface area (Å²) in [4.78, 5) is 38.9. The summed E-state index contributed by atoms with van der Waals surface area (Å²) in [5.74, 6) is 0.338. The Morgan fingerprint density at radius 3 is 2.61 bits per heavy atom. The minimum absolute atomic E-state index is 0.0822. The first-order valence-corrected chi connectivity index (χ1v) is 11.7. The number of halogens is 1. The molecule has 0 radical (unpaired) electrons. The van der Waals surface area contributed by atoms with Crippen LogP contribution in [0.1, 0.15) is 18.1 Å². The summed E-state index contributed by atoms with van der Waals surface area (Å²) in [7, 11) is 0. The zero-order valence-electron chi connectivity index (χ0n) is 17.9. The molecule has 0 atom stereocenters. The zero-order chi connectivity index (χ0) is 23.4. The summed E-state index contributed by atoms with van der Waals surface area (Å²) >= 11 is 7.14. The topological polar surface area (TPSA) is 82.3 Å². The third-order valence-corrected chi connectivity index (χ3v) is 6.23. The number of amides is 1. The van der Waals surface area contributed by atoms with Crippen LogP contribution in [0.3, 0.4) is 0 Å². The van der Waals surface area contributed by atoms with E-state index in [4.69, 9.17) is 16.3 Å². The van der Waals surface area contributed by atoms with Crippen molar-refractivity contribution in [3.63, 3.8) is 0 Å². The van der Waals surface area contributed by atoms with Gasteiger partial charge in [-0.1, -0.05) is 35.9 Å². The van der Waals surface area contributed by atoms with Crippen molar-refractivity contribution in [2.24, 2.45) is 0 Å². The largest absolute Gasteiger partial charge is 0.494 e. The number of nitrogens with one attached hydrogen (secondary N) is 1. The molecule has 0 saturated heterocycles. The minimum Gasteiger partial charge on any atom is -0.494 e. The van der Waals surface area contributed by atoms with Crippen molar-refractivity contribution >= 4 is 39.1 Å². The van der Waals surface area contributed by atoms with Gasteiger partial charge in [-0.15, -0.1) is 11.3 Å². The number of hydrogen-bond donors (Lipinski definition) is 1. The van der Waals surface area contributed by atoms with E-state index in [1.807, 2.05) is 37.3 Å². The first-order valence-electron chi connectivity index (χ1n) is 10.4. The van der Waals surface area contributed by atoms with E-state index in [-0.39, 0.29) is 24.6 Å². The third-order valence-electron chi connectivity index (χ3n) is 5.09. The Kier molecular flexibility index (Phi) is 6.96. The highest BCUT2D eigenvalue weighted by atomic mass is 35.5. The van der Waals surface area contributed by atoms with Gasteiger partial charge in [-0.25, -0.2) is 4.79 Å². The van der Waals surface area contributed by atoms with E-state index < -0.39 is 5.69 Å². The fourth-order valence-corrected chi connectivity index (χ4v) is 4.48. The summed E-state index contributed by atoms with van der Waals surface area (Å²) in [6.45, 7) is 2.60. The highest BCUT2D eigenvalue weighted by Crippen LogP contribution is 2.17. The lowest BCUT2D eigenvalue weighted by Crippen LogP contribution is -2.42. The lowest BCUT2D eigenvalue weighted by atomic mass is 10.2. The van der Waals surface area contributed by atoms with Gasteiger partial charge in [0.2, 0.25) is 5.91 Å². The molecule has 33 heavy (non-hydrogen) atoms. The van der Waals surface area contributed by atoms with E-state index in [0.29, 0.717) is 34.1 Å². The van der Waals surface area contributed by atoms with E-state index in [1.165, 1.54) is 15.9 Å². The monoisotopic (exact) mass is 483 g/mol. The number of nitrogens with zero attached hydrogens (tertiary/aromatic N) is 2. The lowest BCUT2D eigenvalue weighted by molar-refractivity contribution is -0.121. The molecule has 0 saturated carbocycles. The fraction of sp³-hybridized carbons (Fsp3) is 0.208. The number of ether oxygens (including phenoxy) is 1. The van der Waals surface area contributed by atoms with Gasteiger partial charge in [0.25, 0.3) is 5.56 Å². The van der Waals surface area contributed by atoms with E-state index in [2.05, 4.69) is 5.32 Å². The Hall–Kier alpha value is -3.36. The minimum atomic E-state index is -0.533. The second-order valence-electron chi connectivity index (χ2n) is 7.38. The van der Waals surface area contributed by atoms with Gasteiger partial charge in [0, 0.05) is 11.6 Å². The molecule has 4 aromatic rings. The van der Waals surface area contributed by atoms with Gasteiger partial charge in [0.1, 0.15) is 17.0 Å². The van der Waals surface area contributed by atoms with Crippen molar-refractivity contribution in [2.75, 3.05) is 6.61 Å². The van der Waals surface area contributed by atoms with Crippen LogP contribution in [0.15, 0.2) is 69.6 Å². The highest BCUT2D eigenvalue weighted by molar-refractivity contribution is 7.17. The Morgan fingerprint density at radius 2 is 1.85 bits per heavy atom. The molecular formula is C24H22ClN3O4S. The average molecular weight is 484 g/mol. The maximum Gasteiger partial charge on any atom is 0.332 e.